The highest BCUT2D eigenvalue weighted by molar-refractivity contribution is 6.31. The van der Waals surface area contributed by atoms with E-state index in [9.17, 15) is 5.11 Å². The number of rotatable bonds is 2. The van der Waals surface area contributed by atoms with E-state index in [1.165, 1.54) is 0 Å². The molecule has 0 saturated carbocycles. The smallest absolute Gasteiger partial charge is 0.133 e. The molecule has 0 bridgehead atoms. The lowest BCUT2D eigenvalue weighted by atomic mass is 9.99. The SMILES string of the molecule is Cc1ccc(C(O)C2Cc3ccccc3O2)cc1Cl. The number of benzene rings is 2. The predicted octanol–water partition coefficient (Wildman–Crippen LogP) is 3.69. The molecule has 0 amide bonds. The lowest BCUT2D eigenvalue weighted by Crippen LogP contribution is -2.23. The van der Waals surface area contributed by atoms with Crippen molar-refractivity contribution in [2.24, 2.45) is 0 Å². The van der Waals surface area contributed by atoms with Crippen LogP contribution < -0.4 is 4.74 Å². The van der Waals surface area contributed by atoms with Crippen LogP contribution in [-0.4, -0.2) is 11.2 Å². The Morgan fingerprint density at radius 3 is 2.79 bits per heavy atom. The third-order valence-electron chi connectivity index (χ3n) is 3.56. The number of aliphatic hydroxyl groups excluding tert-OH is 1. The maximum Gasteiger partial charge on any atom is 0.133 e. The van der Waals surface area contributed by atoms with E-state index in [1.807, 2.05) is 49.4 Å². The van der Waals surface area contributed by atoms with E-state index in [-0.39, 0.29) is 6.10 Å². The highest BCUT2D eigenvalue weighted by atomic mass is 35.5. The number of halogens is 1. The summed E-state index contributed by atoms with van der Waals surface area (Å²) in [6.07, 6.45) is -0.176. The van der Waals surface area contributed by atoms with Gasteiger partial charge in [-0.15, -0.1) is 0 Å². The number of para-hydroxylation sites is 1. The van der Waals surface area contributed by atoms with Crippen molar-refractivity contribution in [3.05, 3.63) is 64.2 Å². The molecule has 0 radical (unpaired) electrons. The van der Waals surface area contributed by atoms with Crippen molar-refractivity contribution < 1.29 is 9.84 Å². The monoisotopic (exact) mass is 274 g/mol. The van der Waals surface area contributed by atoms with E-state index >= 15 is 0 Å². The zero-order chi connectivity index (χ0) is 13.4. The van der Waals surface area contributed by atoms with Gasteiger partial charge in [0.1, 0.15) is 18.0 Å². The number of aliphatic hydroxyl groups is 1. The Hall–Kier alpha value is -1.51. The second-order valence-electron chi connectivity index (χ2n) is 4.92. The topological polar surface area (TPSA) is 29.5 Å². The van der Waals surface area contributed by atoms with Crippen molar-refractivity contribution in [1.29, 1.82) is 0 Å². The van der Waals surface area contributed by atoms with Crippen LogP contribution in [-0.2, 0) is 6.42 Å². The average molecular weight is 275 g/mol. The van der Waals surface area contributed by atoms with Gasteiger partial charge in [-0.3, -0.25) is 0 Å². The minimum Gasteiger partial charge on any atom is -0.487 e. The molecule has 2 nitrogen and oxygen atoms in total. The number of hydrogen-bond acceptors (Lipinski definition) is 2. The second-order valence-corrected chi connectivity index (χ2v) is 5.33. The molecule has 0 aromatic heterocycles. The fourth-order valence-electron chi connectivity index (χ4n) is 2.39. The number of fused-ring (bicyclic) bond motifs is 1. The average Bonchev–Trinajstić information content (AvgIpc) is 2.85. The summed E-state index contributed by atoms with van der Waals surface area (Å²) >= 11 is 6.10. The van der Waals surface area contributed by atoms with Gasteiger partial charge in [-0.1, -0.05) is 41.9 Å². The van der Waals surface area contributed by atoms with E-state index in [0.29, 0.717) is 5.02 Å². The van der Waals surface area contributed by atoms with Gasteiger partial charge in [0.25, 0.3) is 0 Å². The molecule has 19 heavy (non-hydrogen) atoms. The van der Waals surface area contributed by atoms with Crippen molar-refractivity contribution in [3.63, 3.8) is 0 Å². The maximum atomic E-state index is 10.4. The molecule has 2 aromatic rings. The molecular weight excluding hydrogens is 260 g/mol. The van der Waals surface area contributed by atoms with Gasteiger partial charge in [0.05, 0.1) is 0 Å². The fourth-order valence-corrected chi connectivity index (χ4v) is 2.58. The minimum atomic E-state index is -0.662. The lowest BCUT2D eigenvalue weighted by Gasteiger charge is -2.19. The summed E-state index contributed by atoms with van der Waals surface area (Å²) in [7, 11) is 0. The Morgan fingerprint density at radius 2 is 2.05 bits per heavy atom. The van der Waals surface area contributed by atoms with Crippen LogP contribution in [0, 0.1) is 6.92 Å². The first-order valence-corrected chi connectivity index (χ1v) is 6.71. The molecule has 3 heteroatoms. The Labute approximate surface area is 117 Å². The summed E-state index contributed by atoms with van der Waals surface area (Å²) in [4.78, 5) is 0. The van der Waals surface area contributed by atoms with Crippen molar-refractivity contribution in [2.75, 3.05) is 0 Å². The standard InChI is InChI=1S/C16H15ClO2/c1-10-6-7-12(8-13(10)17)16(18)15-9-11-4-2-3-5-14(11)19-15/h2-8,15-16,18H,9H2,1H3. The Bertz CT molecular complexity index is 584. The molecule has 0 saturated heterocycles. The summed E-state index contributed by atoms with van der Waals surface area (Å²) < 4.78 is 5.80. The van der Waals surface area contributed by atoms with E-state index < -0.39 is 6.10 Å². The summed E-state index contributed by atoms with van der Waals surface area (Å²) in [5.41, 5.74) is 2.95. The zero-order valence-corrected chi connectivity index (χ0v) is 11.4. The first kappa shape index (κ1) is 12.5. The quantitative estimate of drug-likeness (QED) is 0.905. The van der Waals surface area contributed by atoms with E-state index in [1.54, 1.807) is 0 Å². The zero-order valence-electron chi connectivity index (χ0n) is 10.6. The molecule has 2 unspecified atom stereocenters. The molecule has 1 heterocycles. The van der Waals surface area contributed by atoms with Gasteiger partial charge in [0.15, 0.2) is 0 Å². The van der Waals surface area contributed by atoms with Gasteiger partial charge in [-0.05, 0) is 35.7 Å². The van der Waals surface area contributed by atoms with Gasteiger partial charge >= 0.3 is 0 Å². The molecule has 0 spiro atoms. The van der Waals surface area contributed by atoms with Gasteiger partial charge in [-0.25, -0.2) is 0 Å². The molecular formula is C16H15ClO2. The Morgan fingerprint density at radius 1 is 1.26 bits per heavy atom. The van der Waals surface area contributed by atoms with E-state index in [4.69, 9.17) is 16.3 Å². The minimum absolute atomic E-state index is 0.240. The molecule has 98 valence electrons. The van der Waals surface area contributed by atoms with Crippen molar-refractivity contribution in [3.8, 4) is 5.75 Å². The number of aryl methyl sites for hydroxylation is 1. The number of ether oxygens (including phenoxy) is 1. The molecule has 0 aliphatic carbocycles. The van der Waals surface area contributed by atoms with Crippen LogP contribution in [0.25, 0.3) is 0 Å². The van der Waals surface area contributed by atoms with Gasteiger partial charge in [-0.2, -0.15) is 0 Å². The highest BCUT2D eigenvalue weighted by Gasteiger charge is 2.30. The van der Waals surface area contributed by atoms with Crippen LogP contribution in [0.4, 0.5) is 0 Å². The van der Waals surface area contributed by atoms with Crippen LogP contribution in [0.5, 0.6) is 5.75 Å². The van der Waals surface area contributed by atoms with Crippen LogP contribution in [0.2, 0.25) is 5.02 Å². The maximum absolute atomic E-state index is 10.4. The summed E-state index contributed by atoms with van der Waals surface area (Å²) in [5.74, 6) is 0.866. The van der Waals surface area contributed by atoms with Gasteiger partial charge in [0.2, 0.25) is 0 Å². The molecule has 1 aliphatic heterocycles. The lowest BCUT2D eigenvalue weighted by molar-refractivity contribution is 0.0492. The first-order chi connectivity index (χ1) is 9.15. The van der Waals surface area contributed by atoms with E-state index in [2.05, 4.69) is 0 Å². The van der Waals surface area contributed by atoms with Gasteiger partial charge in [0, 0.05) is 11.4 Å². The molecule has 2 atom stereocenters. The largest absolute Gasteiger partial charge is 0.487 e. The Balaban J connectivity index is 1.82. The molecule has 1 N–H and O–H groups in total. The van der Waals surface area contributed by atoms with Crippen molar-refractivity contribution in [2.45, 2.75) is 25.6 Å². The third-order valence-corrected chi connectivity index (χ3v) is 3.97. The fraction of sp³-hybridized carbons (Fsp3) is 0.250. The van der Waals surface area contributed by atoms with Crippen molar-refractivity contribution >= 4 is 11.6 Å². The molecule has 1 aliphatic rings. The third kappa shape index (κ3) is 2.34. The summed E-state index contributed by atoms with van der Waals surface area (Å²) in [6.45, 7) is 1.94. The molecule has 2 aromatic carbocycles. The second kappa shape index (κ2) is 4.87. The van der Waals surface area contributed by atoms with Crippen LogP contribution in [0.1, 0.15) is 22.8 Å². The van der Waals surface area contributed by atoms with Crippen LogP contribution in [0.3, 0.4) is 0 Å². The van der Waals surface area contributed by atoms with Crippen molar-refractivity contribution in [1.82, 2.24) is 0 Å². The summed E-state index contributed by atoms with van der Waals surface area (Å²) in [5, 5.41) is 11.1. The summed E-state index contributed by atoms with van der Waals surface area (Å²) in [6, 6.07) is 13.5. The highest BCUT2D eigenvalue weighted by Crippen LogP contribution is 2.34. The normalized spacial score (nSPS) is 18.8. The Kier molecular flexibility index (Phi) is 3.21. The van der Waals surface area contributed by atoms with Crippen LogP contribution in [0.15, 0.2) is 42.5 Å². The van der Waals surface area contributed by atoms with Crippen LogP contribution >= 0.6 is 11.6 Å². The predicted molar refractivity (Wildman–Crippen MR) is 75.7 cm³/mol. The van der Waals surface area contributed by atoms with E-state index in [0.717, 1.165) is 28.9 Å². The molecule has 0 fully saturated rings. The first-order valence-electron chi connectivity index (χ1n) is 6.34. The number of hydrogen-bond donors (Lipinski definition) is 1. The molecule has 3 rings (SSSR count). The van der Waals surface area contributed by atoms with Gasteiger partial charge < -0.3 is 9.84 Å².